The highest BCUT2D eigenvalue weighted by atomic mass is 19.1. The van der Waals surface area contributed by atoms with Crippen molar-refractivity contribution in [1.29, 1.82) is 0 Å². The van der Waals surface area contributed by atoms with Crippen molar-refractivity contribution in [1.82, 2.24) is 4.90 Å². The Morgan fingerprint density at radius 1 is 1.04 bits per heavy atom. The van der Waals surface area contributed by atoms with Crippen LogP contribution in [-0.2, 0) is 17.6 Å². The summed E-state index contributed by atoms with van der Waals surface area (Å²) in [7, 11) is 0. The molecule has 3 rings (SSSR count). The molecule has 5 heteroatoms. The van der Waals surface area contributed by atoms with E-state index in [1.54, 1.807) is 30.3 Å². The lowest BCUT2D eigenvalue weighted by molar-refractivity contribution is -0.131. The van der Waals surface area contributed by atoms with Crippen molar-refractivity contribution in [2.24, 2.45) is 0 Å². The zero-order chi connectivity index (χ0) is 18.5. The lowest BCUT2D eigenvalue weighted by atomic mass is 10.1. The number of nitrogens with zero attached hydrogens (tertiary/aromatic N) is 1. The fourth-order valence-electron chi connectivity index (χ4n) is 3.05. The van der Waals surface area contributed by atoms with Crippen LogP contribution >= 0.6 is 0 Å². The van der Waals surface area contributed by atoms with Crippen molar-refractivity contribution in [3.8, 4) is 0 Å². The smallest absolute Gasteiger partial charge is 0.335 e. The molecule has 1 aliphatic carbocycles. The first-order valence-electron chi connectivity index (χ1n) is 8.89. The Labute approximate surface area is 152 Å². The van der Waals surface area contributed by atoms with E-state index in [1.165, 1.54) is 12.1 Å². The van der Waals surface area contributed by atoms with E-state index < -0.39 is 5.97 Å². The number of aryl methyl sites for hydroxylation is 1. The molecule has 0 unspecified atom stereocenters. The van der Waals surface area contributed by atoms with Gasteiger partial charge in [-0.15, -0.1) is 0 Å². The Balaban J connectivity index is 1.54. The third-order valence-electron chi connectivity index (χ3n) is 4.67. The number of amides is 1. The number of rotatable bonds is 8. The summed E-state index contributed by atoms with van der Waals surface area (Å²) in [4.78, 5) is 25.4. The molecule has 0 bridgehead atoms. The van der Waals surface area contributed by atoms with Crippen LogP contribution in [0.2, 0.25) is 0 Å². The number of aromatic carboxylic acids is 1. The lowest BCUT2D eigenvalue weighted by Crippen LogP contribution is -2.35. The molecule has 1 saturated carbocycles. The molecule has 26 heavy (non-hydrogen) atoms. The summed E-state index contributed by atoms with van der Waals surface area (Å²) in [6.45, 7) is 0.602. The maximum atomic E-state index is 13.3. The van der Waals surface area contributed by atoms with Crippen LogP contribution in [0, 0.1) is 5.82 Å². The van der Waals surface area contributed by atoms with Gasteiger partial charge in [0.05, 0.1) is 5.56 Å². The van der Waals surface area contributed by atoms with Gasteiger partial charge in [0.1, 0.15) is 5.82 Å². The minimum Gasteiger partial charge on any atom is -0.478 e. The normalized spacial score (nSPS) is 13.4. The summed E-state index contributed by atoms with van der Waals surface area (Å²) in [5, 5.41) is 8.92. The summed E-state index contributed by atoms with van der Waals surface area (Å²) < 4.78 is 13.3. The molecule has 0 spiro atoms. The van der Waals surface area contributed by atoms with Gasteiger partial charge >= 0.3 is 5.97 Å². The monoisotopic (exact) mass is 355 g/mol. The van der Waals surface area contributed by atoms with E-state index in [4.69, 9.17) is 5.11 Å². The molecular formula is C21H22FNO3. The third kappa shape index (κ3) is 4.91. The maximum Gasteiger partial charge on any atom is 0.335 e. The lowest BCUT2D eigenvalue weighted by Gasteiger charge is -2.22. The van der Waals surface area contributed by atoms with Gasteiger partial charge in [0.2, 0.25) is 5.91 Å². The van der Waals surface area contributed by atoms with Gasteiger partial charge in [0.15, 0.2) is 0 Å². The first-order valence-corrected chi connectivity index (χ1v) is 8.89. The summed E-state index contributed by atoms with van der Waals surface area (Å²) in [5.41, 5.74) is 2.09. The zero-order valence-corrected chi connectivity index (χ0v) is 14.5. The van der Waals surface area contributed by atoms with E-state index in [1.807, 2.05) is 11.0 Å². The van der Waals surface area contributed by atoms with E-state index in [2.05, 4.69) is 0 Å². The van der Waals surface area contributed by atoms with Crippen LogP contribution in [0.4, 0.5) is 4.39 Å². The minimum absolute atomic E-state index is 0.103. The van der Waals surface area contributed by atoms with E-state index in [0.717, 1.165) is 24.0 Å². The zero-order valence-electron chi connectivity index (χ0n) is 14.5. The first kappa shape index (κ1) is 18.1. The molecule has 4 nitrogen and oxygen atoms in total. The topological polar surface area (TPSA) is 57.6 Å². The van der Waals surface area contributed by atoms with Gasteiger partial charge in [-0.25, -0.2) is 9.18 Å². The van der Waals surface area contributed by atoms with Crippen LogP contribution in [0.5, 0.6) is 0 Å². The number of benzene rings is 2. The number of carbonyl (C=O) groups is 2. The molecule has 0 saturated heterocycles. The van der Waals surface area contributed by atoms with Crippen molar-refractivity contribution in [3.63, 3.8) is 0 Å². The van der Waals surface area contributed by atoms with Gasteiger partial charge in [-0.3, -0.25) is 4.79 Å². The number of carbonyl (C=O) groups excluding carboxylic acids is 1. The fourth-order valence-corrected chi connectivity index (χ4v) is 3.05. The fraction of sp³-hybridized carbons (Fsp3) is 0.333. The van der Waals surface area contributed by atoms with Crippen molar-refractivity contribution >= 4 is 11.9 Å². The molecule has 136 valence electrons. The minimum atomic E-state index is -0.954. The second-order valence-corrected chi connectivity index (χ2v) is 6.70. The van der Waals surface area contributed by atoms with Gasteiger partial charge in [-0.05, 0) is 61.1 Å². The van der Waals surface area contributed by atoms with Crippen LogP contribution in [0.1, 0.15) is 40.7 Å². The Bertz CT molecular complexity index is 784. The molecule has 0 atom stereocenters. The molecule has 0 radical (unpaired) electrons. The highest BCUT2D eigenvalue weighted by Crippen LogP contribution is 2.28. The van der Waals surface area contributed by atoms with E-state index in [9.17, 15) is 14.0 Å². The van der Waals surface area contributed by atoms with Crippen LogP contribution in [-0.4, -0.2) is 34.5 Å². The first-order chi connectivity index (χ1) is 12.5. The maximum absolute atomic E-state index is 13.3. The predicted octanol–water partition coefficient (Wildman–Crippen LogP) is 3.69. The van der Waals surface area contributed by atoms with Crippen LogP contribution < -0.4 is 0 Å². The van der Waals surface area contributed by atoms with Crippen LogP contribution in [0.25, 0.3) is 0 Å². The standard InChI is InChI=1S/C21H22FNO3/c22-18-3-1-2-16(14-18)12-13-23(19-9-10-19)20(24)11-6-15-4-7-17(8-5-15)21(25)26/h1-5,7-8,14,19H,6,9-13H2,(H,25,26). The van der Waals surface area contributed by atoms with E-state index >= 15 is 0 Å². The quantitative estimate of drug-likeness (QED) is 0.786. The Morgan fingerprint density at radius 2 is 1.77 bits per heavy atom. The van der Waals surface area contributed by atoms with Crippen molar-refractivity contribution in [2.45, 2.75) is 38.1 Å². The Morgan fingerprint density at radius 3 is 2.38 bits per heavy atom. The summed E-state index contributed by atoms with van der Waals surface area (Å²) in [6, 6.07) is 13.4. The van der Waals surface area contributed by atoms with Crippen molar-refractivity contribution < 1.29 is 19.1 Å². The average molecular weight is 355 g/mol. The molecule has 2 aromatic rings. The summed E-state index contributed by atoms with van der Waals surface area (Å²) in [5.74, 6) is -1.10. The number of hydrogen-bond acceptors (Lipinski definition) is 2. The molecule has 1 N–H and O–H groups in total. The number of hydrogen-bond donors (Lipinski definition) is 1. The second-order valence-electron chi connectivity index (χ2n) is 6.70. The molecular weight excluding hydrogens is 333 g/mol. The third-order valence-corrected chi connectivity index (χ3v) is 4.67. The van der Waals surface area contributed by atoms with E-state index in [0.29, 0.717) is 31.8 Å². The molecule has 0 heterocycles. The predicted molar refractivity (Wildman–Crippen MR) is 96.6 cm³/mol. The van der Waals surface area contributed by atoms with Crippen LogP contribution in [0.15, 0.2) is 48.5 Å². The summed E-state index contributed by atoms with van der Waals surface area (Å²) >= 11 is 0. The molecule has 1 amide bonds. The summed E-state index contributed by atoms with van der Waals surface area (Å²) in [6.07, 6.45) is 3.69. The van der Waals surface area contributed by atoms with Gasteiger partial charge in [0, 0.05) is 19.0 Å². The second kappa shape index (κ2) is 8.13. The van der Waals surface area contributed by atoms with Gasteiger partial charge in [-0.1, -0.05) is 24.3 Å². The van der Waals surface area contributed by atoms with Gasteiger partial charge < -0.3 is 10.0 Å². The number of halogens is 1. The molecule has 0 aliphatic heterocycles. The van der Waals surface area contributed by atoms with Crippen molar-refractivity contribution in [2.75, 3.05) is 6.54 Å². The molecule has 0 aromatic heterocycles. The largest absolute Gasteiger partial charge is 0.478 e. The highest BCUT2D eigenvalue weighted by Gasteiger charge is 2.31. The average Bonchev–Trinajstić information content (AvgIpc) is 3.45. The number of carboxylic acids is 1. The SMILES string of the molecule is O=C(O)c1ccc(CCC(=O)N(CCc2cccc(F)c2)C2CC2)cc1. The Kier molecular flexibility index (Phi) is 5.66. The van der Waals surface area contributed by atoms with E-state index in [-0.39, 0.29) is 17.3 Å². The highest BCUT2D eigenvalue weighted by molar-refractivity contribution is 5.87. The van der Waals surface area contributed by atoms with Crippen LogP contribution in [0.3, 0.4) is 0 Å². The van der Waals surface area contributed by atoms with Gasteiger partial charge in [-0.2, -0.15) is 0 Å². The van der Waals surface area contributed by atoms with Gasteiger partial charge in [0.25, 0.3) is 0 Å². The Hall–Kier alpha value is -2.69. The van der Waals surface area contributed by atoms with Crippen molar-refractivity contribution in [3.05, 3.63) is 71.0 Å². The molecule has 1 aliphatic rings. The molecule has 2 aromatic carbocycles. The molecule has 1 fully saturated rings. The number of carboxylic acid groups (broad SMARTS) is 1.